The van der Waals surface area contributed by atoms with Crippen LogP contribution in [0.3, 0.4) is 0 Å². The van der Waals surface area contributed by atoms with Crippen molar-refractivity contribution in [2.45, 2.75) is 18.6 Å². The Bertz CT molecular complexity index is 1600. The molecule has 11 nitrogen and oxygen atoms in total. The third kappa shape index (κ3) is 3.72. The van der Waals surface area contributed by atoms with Crippen LogP contribution in [-0.2, 0) is 16.0 Å². The highest BCUT2D eigenvalue weighted by molar-refractivity contribution is 7.22. The molecule has 2 atom stereocenters. The number of rotatable bonds is 5. The number of morpholine rings is 1. The average Bonchev–Trinajstić information content (AvgIpc) is 3.28. The first-order valence-electron chi connectivity index (χ1n) is 12.5. The molecule has 3 aromatic heterocycles. The summed E-state index contributed by atoms with van der Waals surface area (Å²) in [5.74, 6) is 0.317. The molecule has 1 aromatic carbocycles. The smallest absolute Gasteiger partial charge is 0.318 e. The van der Waals surface area contributed by atoms with Crippen LogP contribution in [-0.4, -0.2) is 78.2 Å². The Morgan fingerprint density at radius 2 is 1.92 bits per heavy atom. The molecule has 2 unspecified atom stereocenters. The number of ether oxygens (including phenoxy) is 3. The van der Waals surface area contributed by atoms with Gasteiger partial charge in [0, 0.05) is 31.1 Å². The molecule has 198 valence electrons. The van der Waals surface area contributed by atoms with Crippen LogP contribution >= 0.6 is 11.3 Å². The molecule has 3 aliphatic heterocycles. The summed E-state index contributed by atoms with van der Waals surface area (Å²) in [6.45, 7) is 4.06. The van der Waals surface area contributed by atoms with Gasteiger partial charge in [-0.3, -0.25) is 4.79 Å². The van der Waals surface area contributed by atoms with Crippen molar-refractivity contribution in [3.05, 3.63) is 34.4 Å². The summed E-state index contributed by atoms with van der Waals surface area (Å²) in [5.41, 5.74) is 7.80. The number of nitrogens with two attached hydrogens (primary N) is 1. The number of piperazine rings is 1. The lowest BCUT2D eigenvalue weighted by molar-refractivity contribution is -0.0395. The van der Waals surface area contributed by atoms with E-state index in [1.807, 2.05) is 6.07 Å². The summed E-state index contributed by atoms with van der Waals surface area (Å²) in [6.07, 6.45) is 0. The summed E-state index contributed by atoms with van der Waals surface area (Å²) in [5, 5.41) is 4.12. The van der Waals surface area contributed by atoms with Crippen LogP contribution in [0.2, 0.25) is 0 Å². The number of nitrogen functional groups attached to an aromatic ring is 1. The monoisotopic (exact) mass is 539 g/mol. The van der Waals surface area contributed by atoms with Gasteiger partial charge in [0.15, 0.2) is 5.13 Å². The van der Waals surface area contributed by atoms with Gasteiger partial charge in [-0.25, -0.2) is 9.37 Å². The van der Waals surface area contributed by atoms with Crippen molar-refractivity contribution in [1.82, 2.24) is 24.8 Å². The summed E-state index contributed by atoms with van der Waals surface area (Å²) < 4.78 is 33.4. The van der Waals surface area contributed by atoms with Gasteiger partial charge in [-0.05, 0) is 18.2 Å². The maximum atomic E-state index is 14.6. The Morgan fingerprint density at radius 3 is 2.63 bits per heavy atom. The molecule has 0 aliphatic carbocycles. The Labute approximate surface area is 220 Å². The molecule has 7 rings (SSSR count). The normalized spacial score (nSPS) is 21.7. The van der Waals surface area contributed by atoms with E-state index in [4.69, 9.17) is 24.9 Å². The standard InChI is InChI=1S/C25H26FN7O4S/c1-35-25-29-17-4-18(15-2-3-16(26)21-20(15)30-24(27)38-21)32(7-12-8-36-9-12)23(34)19(17)22(31-25)33-13-5-28-6-14(33)11-37-10-13/h2-4,12-14,28H,5-11H2,1H3,(H2,27,30). The van der Waals surface area contributed by atoms with Crippen LogP contribution in [0, 0.1) is 11.7 Å². The minimum atomic E-state index is -0.404. The Morgan fingerprint density at radius 1 is 1.16 bits per heavy atom. The molecule has 0 saturated carbocycles. The van der Waals surface area contributed by atoms with E-state index in [1.54, 1.807) is 10.6 Å². The van der Waals surface area contributed by atoms with Crippen molar-refractivity contribution in [3.63, 3.8) is 0 Å². The van der Waals surface area contributed by atoms with Crippen LogP contribution in [0.1, 0.15) is 0 Å². The molecule has 0 spiro atoms. The van der Waals surface area contributed by atoms with E-state index in [9.17, 15) is 9.18 Å². The van der Waals surface area contributed by atoms with Gasteiger partial charge in [-0.15, -0.1) is 0 Å². The number of nitrogens with one attached hydrogen (secondary N) is 1. The molecule has 4 aromatic rings. The zero-order valence-electron chi connectivity index (χ0n) is 20.6. The molecule has 3 N–H and O–H groups in total. The van der Waals surface area contributed by atoms with Gasteiger partial charge < -0.3 is 34.7 Å². The highest BCUT2D eigenvalue weighted by Gasteiger charge is 2.38. The van der Waals surface area contributed by atoms with E-state index in [0.29, 0.717) is 71.2 Å². The maximum absolute atomic E-state index is 14.6. The van der Waals surface area contributed by atoms with Crippen molar-refractivity contribution >= 4 is 43.4 Å². The molecular weight excluding hydrogens is 513 g/mol. The highest BCUT2D eigenvalue weighted by atomic mass is 32.1. The molecule has 2 bridgehead atoms. The fourth-order valence-electron chi connectivity index (χ4n) is 5.61. The van der Waals surface area contributed by atoms with Crippen molar-refractivity contribution < 1.29 is 18.6 Å². The van der Waals surface area contributed by atoms with Gasteiger partial charge in [-0.1, -0.05) is 11.3 Å². The number of thiazole rings is 1. The molecule has 3 saturated heterocycles. The third-order valence-corrected chi connectivity index (χ3v) is 8.34. The van der Waals surface area contributed by atoms with Crippen LogP contribution in [0.4, 0.5) is 15.3 Å². The molecule has 13 heteroatoms. The average molecular weight is 540 g/mol. The first-order chi connectivity index (χ1) is 18.5. The number of pyridine rings is 1. The van der Waals surface area contributed by atoms with Crippen molar-refractivity contribution in [2.75, 3.05) is 57.3 Å². The fraction of sp³-hybridized carbons (Fsp3) is 0.440. The second-order valence-electron chi connectivity index (χ2n) is 9.88. The predicted molar refractivity (Wildman–Crippen MR) is 141 cm³/mol. The number of anilines is 2. The second kappa shape index (κ2) is 9.12. The molecular formula is C25H26FN7O4S. The maximum Gasteiger partial charge on any atom is 0.318 e. The number of halogens is 1. The number of hydrogen-bond acceptors (Lipinski definition) is 11. The van der Waals surface area contributed by atoms with Crippen molar-refractivity contribution in [1.29, 1.82) is 0 Å². The molecule has 0 radical (unpaired) electrons. The second-order valence-corrected chi connectivity index (χ2v) is 10.9. The minimum absolute atomic E-state index is 0.0209. The van der Waals surface area contributed by atoms with Crippen LogP contribution < -0.4 is 26.2 Å². The number of benzene rings is 1. The van der Waals surface area contributed by atoms with Crippen LogP contribution in [0.5, 0.6) is 6.01 Å². The summed E-state index contributed by atoms with van der Waals surface area (Å²) in [4.78, 5) is 30.3. The van der Waals surface area contributed by atoms with E-state index < -0.39 is 5.82 Å². The number of fused-ring (bicyclic) bond motifs is 4. The molecule has 3 aliphatic rings. The number of aromatic nitrogens is 4. The summed E-state index contributed by atoms with van der Waals surface area (Å²) in [6, 6.07) is 5.08. The van der Waals surface area contributed by atoms with E-state index >= 15 is 0 Å². The zero-order chi connectivity index (χ0) is 26.0. The lowest BCUT2D eigenvalue weighted by Crippen LogP contribution is -2.64. The van der Waals surface area contributed by atoms with Gasteiger partial charge in [-0.2, -0.15) is 9.97 Å². The van der Waals surface area contributed by atoms with E-state index in [0.717, 1.165) is 24.4 Å². The SMILES string of the molecule is COc1nc(N2C3CNCC2COC3)c2c(=O)n(CC3COC3)c(-c3ccc(F)c4sc(N)nc34)cc2n1. The fourth-order valence-corrected chi connectivity index (χ4v) is 6.38. The first-order valence-corrected chi connectivity index (χ1v) is 13.3. The summed E-state index contributed by atoms with van der Waals surface area (Å²) in [7, 11) is 1.51. The molecule has 3 fully saturated rings. The van der Waals surface area contributed by atoms with Gasteiger partial charge in [0.25, 0.3) is 5.56 Å². The largest absolute Gasteiger partial charge is 0.467 e. The number of hydrogen-bond donors (Lipinski definition) is 2. The Balaban J connectivity index is 1.51. The number of nitrogens with zero attached hydrogens (tertiary/aromatic N) is 5. The van der Waals surface area contributed by atoms with Crippen molar-refractivity contribution in [2.24, 2.45) is 5.92 Å². The van der Waals surface area contributed by atoms with Gasteiger partial charge in [0.2, 0.25) is 0 Å². The summed E-state index contributed by atoms with van der Waals surface area (Å²) >= 11 is 1.08. The number of methoxy groups -OCH3 is 1. The lowest BCUT2D eigenvalue weighted by atomic mass is 10.0. The lowest BCUT2D eigenvalue weighted by Gasteiger charge is -2.46. The van der Waals surface area contributed by atoms with Gasteiger partial charge in [0.05, 0.1) is 67.0 Å². The van der Waals surface area contributed by atoms with Gasteiger partial charge in [0.1, 0.15) is 17.0 Å². The quantitative estimate of drug-likeness (QED) is 0.386. The minimum Gasteiger partial charge on any atom is -0.467 e. The van der Waals surface area contributed by atoms with Crippen molar-refractivity contribution in [3.8, 4) is 17.3 Å². The third-order valence-electron chi connectivity index (χ3n) is 7.45. The Kier molecular flexibility index (Phi) is 5.69. The Hall–Kier alpha value is -3.39. The zero-order valence-corrected chi connectivity index (χ0v) is 21.5. The molecule has 38 heavy (non-hydrogen) atoms. The highest BCUT2D eigenvalue weighted by Crippen LogP contribution is 2.37. The van der Waals surface area contributed by atoms with E-state index in [1.165, 1.54) is 13.2 Å². The molecule has 6 heterocycles. The predicted octanol–water partition coefficient (Wildman–Crippen LogP) is 1.62. The van der Waals surface area contributed by atoms with E-state index in [-0.39, 0.29) is 34.7 Å². The topological polar surface area (TPSA) is 130 Å². The van der Waals surface area contributed by atoms with Crippen LogP contribution in [0.25, 0.3) is 32.4 Å². The van der Waals surface area contributed by atoms with E-state index in [2.05, 4.69) is 20.2 Å². The molecule has 0 amide bonds. The first kappa shape index (κ1) is 23.7. The van der Waals surface area contributed by atoms with Gasteiger partial charge >= 0.3 is 6.01 Å². The van der Waals surface area contributed by atoms with Crippen LogP contribution in [0.15, 0.2) is 23.0 Å².